The molecule has 5 heteroatoms. The molecule has 23 heavy (non-hydrogen) atoms. The monoisotopic (exact) mass is 314 g/mol. The summed E-state index contributed by atoms with van der Waals surface area (Å²) in [4.78, 5) is 12.8. The van der Waals surface area contributed by atoms with Gasteiger partial charge in [-0.2, -0.15) is 0 Å². The summed E-state index contributed by atoms with van der Waals surface area (Å²) >= 11 is 0. The van der Waals surface area contributed by atoms with Crippen LogP contribution in [0.5, 0.6) is 23.0 Å². The van der Waals surface area contributed by atoms with Gasteiger partial charge in [-0.1, -0.05) is 12.1 Å². The van der Waals surface area contributed by atoms with Crippen molar-refractivity contribution in [2.75, 3.05) is 20.8 Å². The second-order valence-electron chi connectivity index (χ2n) is 5.45. The lowest BCUT2D eigenvalue weighted by Crippen LogP contribution is -2.30. The van der Waals surface area contributed by atoms with Crippen molar-refractivity contribution in [2.24, 2.45) is 5.92 Å². The molecule has 0 saturated carbocycles. The Kier molecular flexibility index (Phi) is 4.10. The number of ketones is 1. The van der Waals surface area contributed by atoms with E-state index in [1.165, 1.54) is 19.2 Å². The normalized spacial score (nSPS) is 16.4. The molecule has 3 rings (SSSR count). The van der Waals surface area contributed by atoms with Crippen molar-refractivity contribution in [3.05, 3.63) is 47.5 Å². The topological polar surface area (TPSA) is 65.0 Å². The molecule has 1 heterocycles. The largest absolute Gasteiger partial charge is 0.508 e. The molecule has 5 nitrogen and oxygen atoms in total. The van der Waals surface area contributed by atoms with E-state index in [0.29, 0.717) is 23.5 Å². The molecule has 1 aliphatic rings. The van der Waals surface area contributed by atoms with Crippen LogP contribution < -0.4 is 14.2 Å². The van der Waals surface area contributed by atoms with Crippen molar-refractivity contribution in [2.45, 2.75) is 6.42 Å². The molecule has 1 N–H and O–H groups in total. The molecule has 0 spiro atoms. The molecule has 0 bridgehead atoms. The van der Waals surface area contributed by atoms with Gasteiger partial charge in [0.1, 0.15) is 28.6 Å². The summed E-state index contributed by atoms with van der Waals surface area (Å²) < 4.78 is 16.0. The minimum absolute atomic E-state index is 0.0157. The second-order valence-corrected chi connectivity index (χ2v) is 5.45. The van der Waals surface area contributed by atoms with E-state index < -0.39 is 0 Å². The molecular formula is C18H18O5. The number of hydrogen-bond donors (Lipinski definition) is 1. The first-order valence-electron chi connectivity index (χ1n) is 7.33. The SMILES string of the molecule is COc1ccc(CC2COc3cc(O)cc(OC)c3C2=O)cc1. The highest BCUT2D eigenvalue weighted by Gasteiger charge is 2.32. The number of Topliss-reactive ketones (excluding diaryl/α,β-unsaturated/α-hetero) is 1. The summed E-state index contributed by atoms with van der Waals surface area (Å²) in [5.74, 6) is 1.19. The van der Waals surface area contributed by atoms with E-state index in [1.54, 1.807) is 7.11 Å². The summed E-state index contributed by atoms with van der Waals surface area (Å²) in [6.07, 6.45) is 0.576. The van der Waals surface area contributed by atoms with Crippen molar-refractivity contribution in [3.8, 4) is 23.0 Å². The molecule has 0 amide bonds. The zero-order valence-electron chi connectivity index (χ0n) is 13.0. The van der Waals surface area contributed by atoms with Crippen molar-refractivity contribution < 1.29 is 24.1 Å². The lowest BCUT2D eigenvalue weighted by molar-refractivity contribution is 0.0825. The Morgan fingerprint density at radius 1 is 1.17 bits per heavy atom. The fraction of sp³-hybridized carbons (Fsp3) is 0.278. The smallest absolute Gasteiger partial charge is 0.177 e. The maximum absolute atomic E-state index is 12.8. The Morgan fingerprint density at radius 2 is 1.91 bits per heavy atom. The third-order valence-corrected chi connectivity index (χ3v) is 3.97. The van der Waals surface area contributed by atoms with Crippen LogP contribution in [0.25, 0.3) is 0 Å². The van der Waals surface area contributed by atoms with Crippen LogP contribution in [0, 0.1) is 5.92 Å². The van der Waals surface area contributed by atoms with Crippen molar-refractivity contribution in [3.63, 3.8) is 0 Å². The third-order valence-electron chi connectivity index (χ3n) is 3.97. The predicted molar refractivity (Wildman–Crippen MR) is 84.7 cm³/mol. The van der Waals surface area contributed by atoms with E-state index in [2.05, 4.69) is 0 Å². The fourth-order valence-electron chi connectivity index (χ4n) is 2.76. The predicted octanol–water partition coefficient (Wildman–Crippen LogP) is 2.84. The van der Waals surface area contributed by atoms with Gasteiger partial charge in [0, 0.05) is 12.1 Å². The number of rotatable bonds is 4. The molecule has 2 aromatic rings. The van der Waals surface area contributed by atoms with E-state index in [4.69, 9.17) is 14.2 Å². The third kappa shape index (κ3) is 2.95. The van der Waals surface area contributed by atoms with Gasteiger partial charge in [0.05, 0.1) is 26.7 Å². The van der Waals surface area contributed by atoms with Gasteiger partial charge in [-0.05, 0) is 24.1 Å². The number of methoxy groups -OCH3 is 2. The molecule has 0 aromatic heterocycles. The molecule has 1 aliphatic heterocycles. The number of fused-ring (bicyclic) bond motifs is 1. The van der Waals surface area contributed by atoms with Crippen LogP contribution in [0.2, 0.25) is 0 Å². The molecule has 1 atom stereocenters. The summed E-state index contributed by atoms with van der Waals surface area (Å²) in [7, 11) is 3.08. The number of carbonyl (C=O) groups excluding carboxylic acids is 1. The van der Waals surface area contributed by atoms with Gasteiger partial charge in [0.15, 0.2) is 5.78 Å². The first kappa shape index (κ1) is 15.2. The maximum atomic E-state index is 12.8. The van der Waals surface area contributed by atoms with Crippen molar-refractivity contribution in [1.82, 2.24) is 0 Å². The first-order valence-corrected chi connectivity index (χ1v) is 7.33. The number of hydrogen-bond acceptors (Lipinski definition) is 5. The van der Waals surface area contributed by atoms with Gasteiger partial charge < -0.3 is 19.3 Å². The summed E-state index contributed by atoms with van der Waals surface area (Å²) in [6.45, 7) is 0.282. The Bertz CT molecular complexity index is 704. The zero-order chi connectivity index (χ0) is 16.4. The van der Waals surface area contributed by atoms with Crippen LogP contribution >= 0.6 is 0 Å². The minimum atomic E-state index is -0.283. The van der Waals surface area contributed by atoms with Crippen molar-refractivity contribution >= 4 is 5.78 Å². The van der Waals surface area contributed by atoms with Crippen LogP contribution in [0.1, 0.15) is 15.9 Å². The Morgan fingerprint density at radius 3 is 2.57 bits per heavy atom. The zero-order valence-corrected chi connectivity index (χ0v) is 13.0. The lowest BCUT2D eigenvalue weighted by atomic mass is 9.89. The van der Waals surface area contributed by atoms with E-state index in [0.717, 1.165) is 11.3 Å². The highest BCUT2D eigenvalue weighted by molar-refractivity contribution is 6.04. The molecule has 0 radical (unpaired) electrons. The van der Waals surface area contributed by atoms with Crippen LogP contribution in [0.15, 0.2) is 36.4 Å². The second kappa shape index (κ2) is 6.20. The molecule has 0 aliphatic carbocycles. The minimum Gasteiger partial charge on any atom is -0.508 e. The maximum Gasteiger partial charge on any atom is 0.177 e. The van der Waals surface area contributed by atoms with Crippen molar-refractivity contribution in [1.29, 1.82) is 0 Å². The van der Waals surface area contributed by atoms with Crippen LogP contribution in [0.4, 0.5) is 0 Å². The van der Waals surface area contributed by atoms with Crippen LogP contribution in [-0.4, -0.2) is 31.7 Å². The van der Waals surface area contributed by atoms with E-state index in [9.17, 15) is 9.90 Å². The van der Waals surface area contributed by atoms with Gasteiger partial charge in [0.2, 0.25) is 0 Å². The Balaban J connectivity index is 1.85. The number of phenolic OH excluding ortho intramolecular Hbond substituents is 1. The molecular weight excluding hydrogens is 296 g/mol. The summed E-state index contributed by atoms with van der Waals surface area (Å²) in [6, 6.07) is 10.5. The van der Waals surface area contributed by atoms with E-state index in [-0.39, 0.29) is 24.1 Å². The van der Waals surface area contributed by atoms with Gasteiger partial charge in [-0.15, -0.1) is 0 Å². The summed E-state index contributed by atoms with van der Waals surface area (Å²) in [5.41, 5.74) is 1.43. The molecule has 0 fully saturated rings. The Labute approximate surface area is 134 Å². The summed E-state index contributed by atoms with van der Waals surface area (Å²) in [5, 5.41) is 9.65. The highest BCUT2D eigenvalue weighted by atomic mass is 16.5. The highest BCUT2D eigenvalue weighted by Crippen LogP contribution is 2.38. The lowest BCUT2D eigenvalue weighted by Gasteiger charge is -2.25. The van der Waals surface area contributed by atoms with Gasteiger partial charge in [-0.25, -0.2) is 0 Å². The number of aromatic hydroxyl groups is 1. The quantitative estimate of drug-likeness (QED) is 0.940. The van der Waals surface area contributed by atoms with Gasteiger partial charge in [-0.3, -0.25) is 4.79 Å². The standard InChI is InChI=1S/C18H18O5/c1-21-14-5-3-11(4-6-14)7-12-10-23-16-9-13(19)8-15(22-2)17(16)18(12)20/h3-6,8-9,12,19H,7,10H2,1-2H3. The number of phenols is 1. The average molecular weight is 314 g/mol. The molecule has 2 aromatic carbocycles. The van der Waals surface area contributed by atoms with E-state index in [1.807, 2.05) is 24.3 Å². The molecule has 120 valence electrons. The van der Waals surface area contributed by atoms with Crippen LogP contribution in [-0.2, 0) is 6.42 Å². The number of benzene rings is 2. The first-order chi connectivity index (χ1) is 11.1. The van der Waals surface area contributed by atoms with Gasteiger partial charge in [0.25, 0.3) is 0 Å². The number of carbonyl (C=O) groups is 1. The fourth-order valence-corrected chi connectivity index (χ4v) is 2.76. The van der Waals surface area contributed by atoms with E-state index >= 15 is 0 Å². The van der Waals surface area contributed by atoms with Gasteiger partial charge >= 0.3 is 0 Å². The molecule has 0 saturated heterocycles. The van der Waals surface area contributed by atoms with Crippen LogP contribution in [0.3, 0.4) is 0 Å². The average Bonchev–Trinajstić information content (AvgIpc) is 2.57. The Hall–Kier alpha value is -2.69. The number of ether oxygens (including phenoxy) is 3. The molecule has 1 unspecified atom stereocenters.